The van der Waals surface area contributed by atoms with E-state index in [1.54, 1.807) is 0 Å². The Kier molecular flexibility index (Phi) is 5.07. The van der Waals surface area contributed by atoms with E-state index >= 15 is 0 Å². The van der Waals surface area contributed by atoms with Gasteiger partial charge in [0.1, 0.15) is 0 Å². The van der Waals surface area contributed by atoms with Crippen molar-refractivity contribution < 1.29 is 0 Å². The van der Waals surface area contributed by atoms with Gasteiger partial charge in [-0.15, -0.1) is 0 Å². The van der Waals surface area contributed by atoms with E-state index in [1.165, 1.54) is 45.3 Å². The molecule has 1 aliphatic heterocycles. The van der Waals surface area contributed by atoms with Crippen LogP contribution >= 0.6 is 0 Å². The van der Waals surface area contributed by atoms with Gasteiger partial charge in [0.15, 0.2) is 0 Å². The fraction of sp³-hybridized carbons (Fsp3) is 1.00. The van der Waals surface area contributed by atoms with Crippen molar-refractivity contribution in [1.82, 2.24) is 10.2 Å². The van der Waals surface area contributed by atoms with Gasteiger partial charge in [0.25, 0.3) is 0 Å². The number of nitrogens with one attached hydrogen (secondary N) is 1. The number of likely N-dealkylation sites (tertiary alicyclic amines) is 1. The average Bonchev–Trinajstić information content (AvgIpc) is 2.40. The van der Waals surface area contributed by atoms with E-state index in [4.69, 9.17) is 0 Å². The van der Waals surface area contributed by atoms with Crippen LogP contribution in [-0.2, 0) is 0 Å². The first-order chi connectivity index (χ1) is 7.04. The van der Waals surface area contributed by atoms with Crippen LogP contribution in [0.1, 0.15) is 46.5 Å². The topological polar surface area (TPSA) is 15.3 Å². The van der Waals surface area contributed by atoms with E-state index in [2.05, 4.69) is 38.0 Å². The lowest BCUT2D eigenvalue weighted by Gasteiger charge is -2.34. The highest BCUT2D eigenvalue weighted by Crippen LogP contribution is 2.21. The Balaban J connectivity index is 2.42. The Labute approximate surface area is 95.4 Å². The standard InChI is InChI=1S/C13H28N2/c1-13(2,3)12(14-4)11-15-9-7-5-6-8-10-15/h12,14H,5-11H2,1-4H3. The van der Waals surface area contributed by atoms with Crippen LogP contribution in [0, 0.1) is 5.41 Å². The Bertz CT molecular complexity index is 164. The van der Waals surface area contributed by atoms with Gasteiger partial charge < -0.3 is 10.2 Å². The minimum absolute atomic E-state index is 0.362. The summed E-state index contributed by atoms with van der Waals surface area (Å²) in [7, 11) is 2.09. The molecule has 1 fully saturated rings. The second-order valence-electron chi connectivity index (χ2n) is 5.92. The quantitative estimate of drug-likeness (QED) is 0.773. The summed E-state index contributed by atoms with van der Waals surface area (Å²) in [5.74, 6) is 0. The lowest BCUT2D eigenvalue weighted by molar-refractivity contribution is 0.183. The molecule has 0 aromatic carbocycles. The number of rotatable bonds is 3. The molecule has 0 aromatic heterocycles. The molecule has 0 radical (unpaired) electrons. The van der Waals surface area contributed by atoms with Crippen LogP contribution in [0.4, 0.5) is 0 Å². The summed E-state index contributed by atoms with van der Waals surface area (Å²) in [6.45, 7) is 10.8. The molecule has 15 heavy (non-hydrogen) atoms. The molecule has 0 saturated carbocycles. The van der Waals surface area contributed by atoms with Crippen molar-refractivity contribution in [3.05, 3.63) is 0 Å². The van der Waals surface area contributed by atoms with Gasteiger partial charge in [0, 0.05) is 12.6 Å². The van der Waals surface area contributed by atoms with Gasteiger partial charge in [0.05, 0.1) is 0 Å². The van der Waals surface area contributed by atoms with E-state index in [-0.39, 0.29) is 0 Å². The fourth-order valence-electron chi connectivity index (χ4n) is 2.38. The first-order valence-corrected chi connectivity index (χ1v) is 6.43. The molecule has 1 N–H and O–H groups in total. The number of hydrogen-bond acceptors (Lipinski definition) is 2. The summed E-state index contributed by atoms with van der Waals surface area (Å²) in [6.07, 6.45) is 5.63. The van der Waals surface area contributed by atoms with E-state index in [9.17, 15) is 0 Å². The van der Waals surface area contributed by atoms with Gasteiger partial charge >= 0.3 is 0 Å². The van der Waals surface area contributed by atoms with Gasteiger partial charge in [-0.3, -0.25) is 0 Å². The summed E-state index contributed by atoms with van der Waals surface area (Å²) in [4.78, 5) is 2.64. The average molecular weight is 212 g/mol. The second-order valence-corrected chi connectivity index (χ2v) is 5.92. The van der Waals surface area contributed by atoms with Crippen molar-refractivity contribution in [2.24, 2.45) is 5.41 Å². The summed E-state index contributed by atoms with van der Waals surface area (Å²) in [5, 5.41) is 3.47. The zero-order valence-corrected chi connectivity index (χ0v) is 11.0. The minimum atomic E-state index is 0.362. The highest BCUT2D eigenvalue weighted by molar-refractivity contribution is 4.82. The minimum Gasteiger partial charge on any atom is -0.315 e. The molecular formula is C13H28N2. The molecule has 0 bridgehead atoms. The maximum absolute atomic E-state index is 3.47. The van der Waals surface area contributed by atoms with Crippen LogP contribution in [0.2, 0.25) is 0 Å². The highest BCUT2D eigenvalue weighted by atomic mass is 15.1. The maximum atomic E-state index is 3.47. The Morgan fingerprint density at radius 1 is 1.07 bits per heavy atom. The molecular weight excluding hydrogens is 184 g/mol. The Hall–Kier alpha value is -0.0800. The van der Waals surface area contributed by atoms with E-state index in [0.717, 1.165) is 0 Å². The van der Waals surface area contributed by atoms with Crippen molar-refractivity contribution in [2.45, 2.75) is 52.5 Å². The SMILES string of the molecule is CNC(CN1CCCCCC1)C(C)(C)C. The summed E-state index contributed by atoms with van der Waals surface area (Å²) < 4.78 is 0. The van der Waals surface area contributed by atoms with Crippen LogP contribution in [0.25, 0.3) is 0 Å². The van der Waals surface area contributed by atoms with E-state index < -0.39 is 0 Å². The van der Waals surface area contributed by atoms with E-state index in [0.29, 0.717) is 11.5 Å². The maximum Gasteiger partial charge on any atom is 0.0240 e. The Morgan fingerprint density at radius 3 is 2.00 bits per heavy atom. The van der Waals surface area contributed by atoms with Crippen LogP contribution in [0.15, 0.2) is 0 Å². The normalized spacial score (nSPS) is 22.4. The van der Waals surface area contributed by atoms with Crippen LogP contribution in [0.5, 0.6) is 0 Å². The lowest BCUT2D eigenvalue weighted by atomic mass is 9.86. The zero-order chi connectivity index (χ0) is 11.3. The third-order valence-electron chi connectivity index (χ3n) is 3.53. The molecule has 2 nitrogen and oxygen atoms in total. The van der Waals surface area contributed by atoms with Gasteiger partial charge in [-0.2, -0.15) is 0 Å². The zero-order valence-electron chi connectivity index (χ0n) is 11.0. The molecule has 90 valence electrons. The number of nitrogens with zero attached hydrogens (tertiary/aromatic N) is 1. The van der Waals surface area contributed by atoms with Gasteiger partial charge in [0.2, 0.25) is 0 Å². The molecule has 1 saturated heterocycles. The summed E-state index contributed by atoms with van der Waals surface area (Å²) >= 11 is 0. The first-order valence-electron chi connectivity index (χ1n) is 6.43. The molecule has 1 heterocycles. The third-order valence-corrected chi connectivity index (χ3v) is 3.53. The molecule has 1 aliphatic rings. The molecule has 0 spiro atoms. The van der Waals surface area contributed by atoms with Crippen molar-refractivity contribution in [3.8, 4) is 0 Å². The van der Waals surface area contributed by atoms with Crippen LogP contribution < -0.4 is 5.32 Å². The van der Waals surface area contributed by atoms with E-state index in [1.807, 2.05) is 0 Å². The summed E-state index contributed by atoms with van der Waals surface area (Å²) in [5.41, 5.74) is 0.362. The molecule has 0 amide bonds. The van der Waals surface area contributed by atoms with Gasteiger partial charge in [-0.25, -0.2) is 0 Å². The fourth-order valence-corrected chi connectivity index (χ4v) is 2.38. The predicted octanol–water partition coefficient (Wildman–Crippen LogP) is 2.50. The van der Waals surface area contributed by atoms with Gasteiger partial charge in [-0.1, -0.05) is 33.6 Å². The number of hydrogen-bond donors (Lipinski definition) is 1. The second kappa shape index (κ2) is 5.86. The van der Waals surface area contributed by atoms with Crippen LogP contribution in [0.3, 0.4) is 0 Å². The largest absolute Gasteiger partial charge is 0.315 e. The molecule has 0 aromatic rings. The van der Waals surface area contributed by atoms with Crippen molar-refractivity contribution in [1.29, 1.82) is 0 Å². The smallest absolute Gasteiger partial charge is 0.0240 e. The van der Waals surface area contributed by atoms with Crippen LogP contribution in [-0.4, -0.2) is 37.6 Å². The number of likely N-dealkylation sites (N-methyl/N-ethyl adjacent to an activating group) is 1. The van der Waals surface area contributed by atoms with Gasteiger partial charge in [-0.05, 0) is 38.4 Å². The monoisotopic (exact) mass is 212 g/mol. The lowest BCUT2D eigenvalue weighted by Crippen LogP contribution is -2.47. The van der Waals surface area contributed by atoms with Crippen molar-refractivity contribution in [3.63, 3.8) is 0 Å². The molecule has 0 aliphatic carbocycles. The van der Waals surface area contributed by atoms with Crippen molar-refractivity contribution in [2.75, 3.05) is 26.7 Å². The predicted molar refractivity (Wildman–Crippen MR) is 67.2 cm³/mol. The third kappa shape index (κ3) is 4.52. The molecule has 1 unspecified atom stereocenters. The highest BCUT2D eigenvalue weighted by Gasteiger charge is 2.25. The first kappa shape index (κ1) is 13.0. The Morgan fingerprint density at radius 2 is 1.60 bits per heavy atom. The molecule has 1 atom stereocenters. The van der Waals surface area contributed by atoms with Crippen molar-refractivity contribution >= 4 is 0 Å². The molecule has 2 heteroatoms. The summed E-state index contributed by atoms with van der Waals surface area (Å²) in [6, 6.07) is 0.607. The molecule has 1 rings (SSSR count).